The molecule has 4 nitrogen and oxygen atoms in total. The number of nitrogens with zero attached hydrogens (tertiary/aromatic N) is 1. The van der Waals surface area contributed by atoms with Gasteiger partial charge in [0.15, 0.2) is 0 Å². The number of alkyl halides is 3. The Morgan fingerprint density at radius 3 is 2.76 bits per heavy atom. The van der Waals surface area contributed by atoms with Crippen LogP contribution in [-0.2, 0) is 21.8 Å². The molecule has 2 N–H and O–H groups in total. The molecule has 1 rings (SSSR count). The van der Waals surface area contributed by atoms with Crippen LogP contribution in [0.2, 0.25) is 0 Å². The number of nitrogen functional groups attached to an aromatic ring is 1. The van der Waals surface area contributed by atoms with E-state index in [1.807, 2.05) is 0 Å². The van der Waals surface area contributed by atoms with Crippen LogP contribution in [0.1, 0.15) is 23.2 Å². The van der Waals surface area contributed by atoms with E-state index in [9.17, 15) is 13.6 Å². The Morgan fingerprint density at radius 1 is 1.65 bits per heavy atom. The number of nitrogens with two attached hydrogens (primary N) is 1. The second-order valence-electron chi connectivity index (χ2n) is 3.26. The van der Waals surface area contributed by atoms with Gasteiger partial charge in [-0.1, -0.05) is 0 Å². The van der Waals surface area contributed by atoms with Crippen molar-refractivity contribution in [2.24, 2.45) is 0 Å². The predicted molar refractivity (Wildman–Crippen MR) is 58.9 cm³/mol. The molecule has 1 aromatic rings. The number of rotatable bonds is 4. The zero-order valence-electron chi connectivity index (χ0n) is 9.04. The smallest absolute Gasteiger partial charge is 0.311 e. The van der Waals surface area contributed by atoms with E-state index in [1.54, 1.807) is 0 Å². The highest BCUT2D eigenvalue weighted by molar-refractivity contribution is 6.17. The van der Waals surface area contributed by atoms with E-state index < -0.39 is 12.4 Å². The van der Waals surface area contributed by atoms with Crippen LogP contribution >= 0.6 is 11.6 Å². The van der Waals surface area contributed by atoms with Crippen LogP contribution in [0.15, 0.2) is 6.07 Å². The summed E-state index contributed by atoms with van der Waals surface area (Å²) in [5, 5.41) is 0. The van der Waals surface area contributed by atoms with Gasteiger partial charge < -0.3 is 10.5 Å². The number of hydrogen-bond donors (Lipinski definition) is 1. The number of hydrogen-bond acceptors (Lipinski definition) is 4. The van der Waals surface area contributed by atoms with Gasteiger partial charge in [0.05, 0.1) is 24.8 Å². The summed E-state index contributed by atoms with van der Waals surface area (Å²) in [7, 11) is 1.22. The van der Waals surface area contributed by atoms with E-state index in [1.165, 1.54) is 13.2 Å². The molecule has 1 aromatic heterocycles. The van der Waals surface area contributed by atoms with Crippen LogP contribution in [0, 0.1) is 0 Å². The standard InChI is InChI=1S/C10H11ClF2N2O2/c1-17-7(16)3-6-2-5(4-11)8(9(12)13)10(14)15-6/h2,9H,3-4H2,1H3,(H2,14,15). The topological polar surface area (TPSA) is 65.2 Å². The van der Waals surface area contributed by atoms with Gasteiger partial charge in [-0.15, -0.1) is 11.6 Å². The van der Waals surface area contributed by atoms with Crippen molar-refractivity contribution >= 4 is 23.4 Å². The Morgan fingerprint density at radius 2 is 2.29 bits per heavy atom. The summed E-state index contributed by atoms with van der Waals surface area (Å²) in [6.45, 7) is 0. The van der Waals surface area contributed by atoms with Gasteiger partial charge in [-0.2, -0.15) is 0 Å². The molecule has 1 heterocycles. The summed E-state index contributed by atoms with van der Waals surface area (Å²) in [5.74, 6) is -0.958. The van der Waals surface area contributed by atoms with Gasteiger partial charge in [0.25, 0.3) is 6.43 Å². The molecule has 0 aliphatic carbocycles. The molecule has 0 atom stereocenters. The Bertz CT molecular complexity index is 427. The molecule has 0 spiro atoms. The van der Waals surface area contributed by atoms with Gasteiger partial charge >= 0.3 is 5.97 Å². The summed E-state index contributed by atoms with van der Waals surface area (Å²) in [4.78, 5) is 14.8. The molecular formula is C10H11ClF2N2O2. The third kappa shape index (κ3) is 3.26. The van der Waals surface area contributed by atoms with Crippen molar-refractivity contribution in [1.82, 2.24) is 4.98 Å². The minimum Gasteiger partial charge on any atom is -0.469 e. The number of ether oxygens (including phenoxy) is 1. The fourth-order valence-corrected chi connectivity index (χ4v) is 1.58. The molecule has 7 heteroatoms. The van der Waals surface area contributed by atoms with Crippen molar-refractivity contribution < 1.29 is 18.3 Å². The fourth-order valence-electron chi connectivity index (χ4n) is 1.36. The Balaban J connectivity index is 3.13. The lowest BCUT2D eigenvalue weighted by atomic mass is 10.1. The highest BCUT2D eigenvalue weighted by Gasteiger charge is 2.19. The van der Waals surface area contributed by atoms with Gasteiger partial charge in [0.1, 0.15) is 5.82 Å². The van der Waals surface area contributed by atoms with Crippen LogP contribution in [0.25, 0.3) is 0 Å². The lowest BCUT2D eigenvalue weighted by Gasteiger charge is -2.11. The lowest BCUT2D eigenvalue weighted by molar-refractivity contribution is -0.139. The normalized spacial score (nSPS) is 10.6. The third-order valence-corrected chi connectivity index (χ3v) is 2.43. The quantitative estimate of drug-likeness (QED) is 0.668. The Hall–Kier alpha value is -1.43. The monoisotopic (exact) mass is 264 g/mol. The number of methoxy groups -OCH3 is 1. The van der Waals surface area contributed by atoms with E-state index >= 15 is 0 Å². The first-order valence-electron chi connectivity index (χ1n) is 4.68. The molecule has 0 fully saturated rings. The van der Waals surface area contributed by atoms with Crippen LogP contribution in [0.5, 0.6) is 0 Å². The van der Waals surface area contributed by atoms with E-state index in [0.717, 1.165) is 0 Å². The number of esters is 1. The molecular weight excluding hydrogens is 254 g/mol. The highest BCUT2D eigenvalue weighted by Crippen LogP contribution is 2.29. The maximum Gasteiger partial charge on any atom is 0.311 e. The average Bonchev–Trinajstić information content (AvgIpc) is 2.27. The summed E-state index contributed by atoms with van der Waals surface area (Å²) in [6, 6.07) is 1.34. The van der Waals surface area contributed by atoms with Gasteiger partial charge in [-0.25, -0.2) is 13.8 Å². The molecule has 0 aromatic carbocycles. The van der Waals surface area contributed by atoms with Crippen molar-refractivity contribution in [3.05, 3.63) is 22.9 Å². The van der Waals surface area contributed by atoms with Crippen molar-refractivity contribution in [3.8, 4) is 0 Å². The number of aromatic nitrogens is 1. The summed E-state index contributed by atoms with van der Waals surface area (Å²) >= 11 is 5.56. The molecule has 0 saturated carbocycles. The van der Waals surface area contributed by atoms with E-state index in [0.29, 0.717) is 0 Å². The van der Waals surface area contributed by atoms with Gasteiger partial charge in [-0.3, -0.25) is 4.79 Å². The summed E-state index contributed by atoms with van der Waals surface area (Å²) in [5.41, 5.74) is 5.47. The number of anilines is 1. The molecule has 0 aliphatic rings. The first kappa shape index (κ1) is 13.6. The van der Waals surface area contributed by atoms with Crippen molar-refractivity contribution in [3.63, 3.8) is 0 Å². The van der Waals surface area contributed by atoms with Gasteiger partial charge in [-0.05, 0) is 11.6 Å². The van der Waals surface area contributed by atoms with Crippen LogP contribution in [-0.4, -0.2) is 18.1 Å². The Kier molecular flexibility index (Phi) is 4.62. The fraction of sp³-hybridized carbons (Fsp3) is 0.400. The molecule has 0 radical (unpaired) electrons. The van der Waals surface area contributed by atoms with E-state index in [2.05, 4.69) is 9.72 Å². The molecule has 0 aliphatic heterocycles. The van der Waals surface area contributed by atoms with Crippen molar-refractivity contribution in [2.75, 3.05) is 12.8 Å². The van der Waals surface area contributed by atoms with E-state index in [-0.39, 0.29) is 34.9 Å². The Labute approximate surface area is 102 Å². The zero-order chi connectivity index (χ0) is 13.0. The number of carbonyl (C=O) groups excluding carboxylic acids is 1. The number of pyridine rings is 1. The second kappa shape index (κ2) is 5.77. The van der Waals surface area contributed by atoms with Crippen LogP contribution in [0.3, 0.4) is 0 Å². The van der Waals surface area contributed by atoms with Gasteiger partial charge in [0.2, 0.25) is 0 Å². The molecule has 0 saturated heterocycles. The summed E-state index contributed by atoms with van der Waals surface area (Å²) in [6.07, 6.45) is -2.88. The first-order valence-corrected chi connectivity index (χ1v) is 5.22. The van der Waals surface area contributed by atoms with E-state index in [4.69, 9.17) is 17.3 Å². The first-order chi connectivity index (χ1) is 7.99. The molecule has 0 amide bonds. The molecule has 0 unspecified atom stereocenters. The number of carbonyl (C=O) groups is 1. The third-order valence-electron chi connectivity index (χ3n) is 2.14. The molecule has 0 bridgehead atoms. The minimum atomic E-state index is -2.75. The maximum atomic E-state index is 12.7. The molecule has 17 heavy (non-hydrogen) atoms. The molecule has 94 valence electrons. The van der Waals surface area contributed by atoms with Crippen molar-refractivity contribution in [1.29, 1.82) is 0 Å². The zero-order valence-corrected chi connectivity index (χ0v) is 9.80. The minimum absolute atomic E-state index is 0.124. The second-order valence-corrected chi connectivity index (χ2v) is 3.53. The highest BCUT2D eigenvalue weighted by atomic mass is 35.5. The SMILES string of the molecule is COC(=O)Cc1cc(CCl)c(C(F)F)c(N)n1. The van der Waals surface area contributed by atoms with Crippen molar-refractivity contribution in [2.45, 2.75) is 18.7 Å². The lowest BCUT2D eigenvalue weighted by Crippen LogP contribution is -2.10. The summed E-state index contributed by atoms with van der Waals surface area (Å²) < 4.78 is 29.8. The van der Waals surface area contributed by atoms with Gasteiger partial charge in [0, 0.05) is 5.88 Å². The van der Waals surface area contributed by atoms with Crippen LogP contribution in [0.4, 0.5) is 14.6 Å². The predicted octanol–water partition coefficient (Wildman–Crippen LogP) is 2.06. The van der Waals surface area contributed by atoms with Crippen LogP contribution < -0.4 is 5.73 Å². The largest absolute Gasteiger partial charge is 0.469 e. The number of halogens is 3. The average molecular weight is 265 g/mol. The maximum absolute atomic E-state index is 12.7.